The van der Waals surface area contributed by atoms with Crippen LogP contribution in [0.2, 0.25) is 5.02 Å². The molecule has 0 bridgehead atoms. The van der Waals surface area contributed by atoms with Crippen molar-refractivity contribution in [1.29, 1.82) is 0 Å². The van der Waals surface area contributed by atoms with Crippen LogP contribution in [0.25, 0.3) is 11.0 Å². The Morgan fingerprint density at radius 2 is 1.82 bits per heavy atom. The van der Waals surface area contributed by atoms with Crippen molar-refractivity contribution >= 4 is 28.5 Å². The zero-order valence-corrected chi connectivity index (χ0v) is 18.5. The predicted molar refractivity (Wildman–Crippen MR) is 125 cm³/mol. The maximum atomic E-state index is 13.5. The van der Waals surface area contributed by atoms with Crippen molar-refractivity contribution in [2.75, 3.05) is 6.61 Å². The summed E-state index contributed by atoms with van der Waals surface area (Å²) in [6.07, 6.45) is 0. The predicted octanol–water partition coefficient (Wildman–Crippen LogP) is 5.30. The van der Waals surface area contributed by atoms with E-state index < -0.39 is 6.04 Å². The van der Waals surface area contributed by atoms with E-state index in [-0.39, 0.29) is 40.7 Å². The van der Waals surface area contributed by atoms with E-state index in [2.05, 4.69) is 0 Å². The number of rotatable bonds is 5. The molecule has 2 heterocycles. The minimum Gasteiger partial charge on any atom is -0.504 e. The highest BCUT2D eigenvalue weighted by Gasteiger charge is 2.43. The molecule has 6 nitrogen and oxygen atoms in total. The van der Waals surface area contributed by atoms with Crippen molar-refractivity contribution < 1.29 is 19.1 Å². The monoisotopic (exact) mass is 461 g/mol. The zero-order chi connectivity index (χ0) is 23.1. The van der Waals surface area contributed by atoms with E-state index in [0.717, 1.165) is 5.56 Å². The van der Waals surface area contributed by atoms with Crippen LogP contribution in [0, 0.1) is 0 Å². The quantitative estimate of drug-likeness (QED) is 0.436. The number of fused-ring (bicyclic) bond motifs is 2. The van der Waals surface area contributed by atoms with Gasteiger partial charge >= 0.3 is 0 Å². The van der Waals surface area contributed by atoms with Crippen LogP contribution in [-0.4, -0.2) is 22.5 Å². The largest absolute Gasteiger partial charge is 0.504 e. The number of phenolic OH excluding ortho intramolecular Hbond substituents is 1. The Labute approximate surface area is 194 Å². The maximum Gasteiger partial charge on any atom is 0.291 e. The van der Waals surface area contributed by atoms with Gasteiger partial charge in [0.15, 0.2) is 16.9 Å². The zero-order valence-electron chi connectivity index (χ0n) is 17.7. The number of ether oxygens (including phenoxy) is 1. The van der Waals surface area contributed by atoms with Crippen molar-refractivity contribution in [3.05, 3.63) is 104 Å². The molecule has 0 fully saturated rings. The number of hydrogen-bond donors (Lipinski definition) is 1. The average Bonchev–Trinajstić information content (AvgIpc) is 3.09. The molecule has 0 spiro atoms. The Hall–Kier alpha value is -3.77. The van der Waals surface area contributed by atoms with Crippen LogP contribution < -0.4 is 10.2 Å². The molecule has 0 saturated heterocycles. The molecule has 0 radical (unpaired) electrons. The summed E-state index contributed by atoms with van der Waals surface area (Å²) in [5, 5.41) is 11.2. The lowest BCUT2D eigenvalue weighted by atomic mass is 9.97. The Morgan fingerprint density at radius 1 is 1.06 bits per heavy atom. The number of halogens is 1. The van der Waals surface area contributed by atoms with Gasteiger partial charge < -0.3 is 19.2 Å². The third-order valence-corrected chi connectivity index (χ3v) is 5.99. The molecule has 1 aromatic heterocycles. The molecule has 166 valence electrons. The van der Waals surface area contributed by atoms with Crippen LogP contribution in [0.5, 0.6) is 11.5 Å². The number of aromatic hydroxyl groups is 1. The minimum atomic E-state index is -0.705. The summed E-state index contributed by atoms with van der Waals surface area (Å²) in [7, 11) is 0. The van der Waals surface area contributed by atoms with Gasteiger partial charge in [-0.2, -0.15) is 0 Å². The summed E-state index contributed by atoms with van der Waals surface area (Å²) >= 11 is 6.02. The fourth-order valence-corrected chi connectivity index (χ4v) is 4.36. The number of carbonyl (C=O) groups is 1. The Kier molecular flexibility index (Phi) is 5.30. The summed E-state index contributed by atoms with van der Waals surface area (Å²) in [6.45, 7) is 2.41. The van der Waals surface area contributed by atoms with E-state index in [1.807, 2.05) is 19.1 Å². The third kappa shape index (κ3) is 3.62. The van der Waals surface area contributed by atoms with Gasteiger partial charge in [0.1, 0.15) is 5.58 Å². The summed E-state index contributed by atoms with van der Waals surface area (Å²) < 4.78 is 11.5. The van der Waals surface area contributed by atoms with Gasteiger partial charge in [-0.25, -0.2) is 0 Å². The molecule has 7 heteroatoms. The van der Waals surface area contributed by atoms with Crippen LogP contribution >= 0.6 is 11.6 Å². The molecule has 0 saturated carbocycles. The van der Waals surface area contributed by atoms with E-state index in [1.54, 1.807) is 53.4 Å². The molecule has 0 aliphatic carbocycles. The molecule has 1 amide bonds. The Bertz CT molecular complexity index is 1430. The van der Waals surface area contributed by atoms with Crippen LogP contribution in [0.15, 0.2) is 75.9 Å². The van der Waals surface area contributed by atoms with Crippen LogP contribution in [0.3, 0.4) is 0 Å². The summed E-state index contributed by atoms with van der Waals surface area (Å²) in [5.74, 6) is -0.0741. The van der Waals surface area contributed by atoms with Crippen molar-refractivity contribution in [3.8, 4) is 11.5 Å². The standard InChI is InChI=1S/C26H20ClNO5/c1-2-32-21-13-16(9-12-19(21)29)23-22-24(30)18-5-3-4-6-20(18)33-25(22)26(31)28(23)14-15-7-10-17(27)11-8-15/h3-13,23,29H,2,14H2,1H3. The van der Waals surface area contributed by atoms with Crippen molar-refractivity contribution in [1.82, 2.24) is 4.90 Å². The van der Waals surface area contributed by atoms with Gasteiger partial charge in [0.25, 0.3) is 5.91 Å². The molecule has 1 aliphatic heterocycles. The number of phenols is 1. The van der Waals surface area contributed by atoms with Gasteiger partial charge in [-0.05, 0) is 54.4 Å². The fourth-order valence-electron chi connectivity index (χ4n) is 4.24. The molecular formula is C26H20ClNO5. The summed E-state index contributed by atoms with van der Waals surface area (Å²) in [6, 6.07) is 18.2. The van der Waals surface area contributed by atoms with Gasteiger partial charge in [0.2, 0.25) is 5.76 Å². The number of benzene rings is 3. The van der Waals surface area contributed by atoms with E-state index in [4.69, 9.17) is 20.8 Å². The van der Waals surface area contributed by atoms with Gasteiger partial charge in [0.05, 0.1) is 23.6 Å². The number of nitrogens with zero attached hydrogens (tertiary/aromatic N) is 1. The first kappa shape index (κ1) is 21.1. The van der Waals surface area contributed by atoms with E-state index in [1.165, 1.54) is 6.07 Å². The van der Waals surface area contributed by atoms with Gasteiger partial charge in [-0.1, -0.05) is 41.9 Å². The lowest BCUT2D eigenvalue weighted by Crippen LogP contribution is -2.29. The molecule has 3 aromatic carbocycles. The number of carbonyl (C=O) groups excluding carboxylic acids is 1. The molecule has 33 heavy (non-hydrogen) atoms. The molecule has 1 aliphatic rings. The molecule has 5 rings (SSSR count). The van der Waals surface area contributed by atoms with Gasteiger partial charge in [0, 0.05) is 11.6 Å². The Morgan fingerprint density at radius 3 is 2.58 bits per heavy atom. The first-order valence-electron chi connectivity index (χ1n) is 10.5. The average molecular weight is 462 g/mol. The summed E-state index contributed by atoms with van der Waals surface area (Å²) in [5.41, 5.74) is 1.88. The lowest BCUT2D eigenvalue weighted by Gasteiger charge is -2.25. The first-order chi connectivity index (χ1) is 16.0. The van der Waals surface area contributed by atoms with Crippen molar-refractivity contribution in [2.45, 2.75) is 19.5 Å². The number of hydrogen-bond acceptors (Lipinski definition) is 5. The van der Waals surface area contributed by atoms with E-state index >= 15 is 0 Å². The molecular weight excluding hydrogens is 442 g/mol. The maximum absolute atomic E-state index is 13.5. The molecule has 4 aromatic rings. The lowest BCUT2D eigenvalue weighted by molar-refractivity contribution is 0.0714. The molecule has 1 N–H and O–H groups in total. The normalized spacial score (nSPS) is 15.2. The highest BCUT2D eigenvalue weighted by atomic mass is 35.5. The van der Waals surface area contributed by atoms with Gasteiger partial charge in [-0.15, -0.1) is 0 Å². The second kappa shape index (κ2) is 8.30. The van der Waals surface area contributed by atoms with Gasteiger partial charge in [-0.3, -0.25) is 9.59 Å². The third-order valence-electron chi connectivity index (χ3n) is 5.74. The fraction of sp³-hybridized carbons (Fsp3) is 0.154. The van der Waals surface area contributed by atoms with Crippen LogP contribution in [-0.2, 0) is 6.54 Å². The van der Waals surface area contributed by atoms with E-state index in [9.17, 15) is 14.7 Å². The van der Waals surface area contributed by atoms with Crippen LogP contribution in [0.1, 0.15) is 40.2 Å². The number of para-hydroxylation sites is 1. The highest BCUT2D eigenvalue weighted by molar-refractivity contribution is 6.30. The smallest absolute Gasteiger partial charge is 0.291 e. The summed E-state index contributed by atoms with van der Waals surface area (Å²) in [4.78, 5) is 28.6. The minimum absolute atomic E-state index is 0.0139. The Balaban J connectivity index is 1.71. The molecule has 1 atom stereocenters. The molecule has 1 unspecified atom stereocenters. The second-order valence-electron chi connectivity index (χ2n) is 7.79. The SMILES string of the molecule is CCOc1cc(C2c3c(oc4ccccc4c3=O)C(=O)N2Cc2ccc(Cl)cc2)ccc1O. The van der Waals surface area contributed by atoms with Crippen molar-refractivity contribution in [3.63, 3.8) is 0 Å². The van der Waals surface area contributed by atoms with Crippen LogP contribution in [0.4, 0.5) is 0 Å². The highest BCUT2D eigenvalue weighted by Crippen LogP contribution is 2.41. The first-order valence-corrected chi connectivity index (χ1v) is 10.9. The number of amides is 1. The second-order valence-corrected chi connectivity index (χ2v) is 8.23. The topological polar surface area (TPSA) is 80.0 Å². The van der Waals surface area contributed by atoms with Crippen molar-refractivity contribution in [2.24, 2.45) is 0 Å². The van der Waals surface area contributed by atoms with E-state index in [0.29, 0.717) is 28.2 Å².